The molecular weight excluding hydrogens is 398 g/mol. The second-order valence-electron chi connectivity index (χ2n) is 7.63. The van der Waals surface area contributed by atoms with Gasteiger partial charge in [0.2, 0.25) is 0 Å². The van der Waals surface area contributed by atoms with E-state index in [1.807, 2.05) is 30.5 Å². The number of para-hydroxylation sites is 1. The Hall–Kier alpha value is -2.85. The Morgan fingerprint density at radius 1 is 1.33 bits per heavy atom. The summed E-state index contributed by atoms with van der Waals surface area (Å²) in [5, 5.41) is 10.1. The lowest BCUT2D eigenvalue weighted by Crippen LogP contribution is -2.42. The highest BCUT2D eigenvalue weighted by atomic mass is 32.2. The predicted octanol–water partition coefficient (Wildman–Crippen LogP) is 4.08. The van der Waals surface area contributed by atoms with Gasteiger partial charge in [0.15, 0.2) is 6.10 Å². The van der Waals surface area contributed by atoms with Crippen LogP contribution in [0.3, 0.4) is 0 Å². The number of amides is 1. The number of carbonyl (C=O) groups is 2. The standard InChI is InChI=1S/C23H23N3O3S/c1-14(22(27)26-11-5-7-16-6-3-4-8-20(16)26)29-23(28)17-12-19(15-9-10-15)25-21(30-2)18(17)13-24/h3-4,6,8,12,14-15H,5,7,9-11H2,1-2H3. The zero-order chi connectivity index (χ0) is 21.3. The lowest BCUT2D eigenvalue weighted by atomic mass is 10.0. The average Bonchev–Trinajstić information content (AvgIpc) is 3.62. The van der Waals surface area contributed by atoms with Gasteiger partial charge in [-0.25, -0.2) is 9.78 Å². The molecule has 0 spiro atoms. The lowest BCUT2D eigenvalue weighted by Gasteiger charge is -2.31. The van der Waals surface area contributed by atoms with Crippen molar-refractivity contribution in [1.29, 1.82) is 5.26 Å². The maximum absolute atomic E-state index is 13.1. The normalized spacial score (nSPS) is 16.4. The number of fused-ring (bicyclic) bond motifs is 1. The number of benzene rings is 1. The molecule has 154 valence electrons. The Bertz CT molecular complexity index is 1040. The molecule has 1 saturated carbocycles. The van der Waals surface area contributed by atoms with Crippen LogP contribution >= 0.6 is 11.8 Å². The Balaban J connectivity index is 1.56. The van der Waals surface area contributed by atoms with E-state index in [0.29, 0.717) is 17.5 Å². The third-order valence-electron chi connectivity index (χ3n) is 5.53. The van der Waals surface area contributed by atoms with Crippen LogP contribution in [0.15, 0.2) is 35.4 Å². The molecule has 2 heterocycles. The maximum atomic E-state index is 13.1. The van der Waals surface area contributed by atoms with Gasteiger partial charge in [0.1, 0.15) is 11.1 Å². The molecule has 1 fully saturated rings. The summed E-state index contributed by atoms with van der Waals surface area (Å²) >= 11 is 1.33. The molecule has 1 aromatic heterocycles. The molecule has 0 bridgehead atoms. The van der Waals surface area contributed by atoms with Gasteiger partial charge in [0.05, 0.1) is 11.1 Å². The van der Waals surface area contributed by atoms with Gasteiger partial charge in [0.25, 0.3) is 5.91 Å². The summed E-state index contributed by atoms with van der Waals surface area (Å²) in [4.78, 5) is 32.2. The third-order valence-corrected chi connectivity index (χ3v) is 6.22. The van der Waals surface area contributed by atoms with Gasteiger partial charge >= 0.3 is 5.97 Å². The van der Waals surface area contributed by atoms with Crippen LogP contribution in [0.25, 0.3) is 0 Å². The van der Waals surface area contributed by atoms with Gasteiger partial charge in [-0.15, -0.1) is 11.8 Å². The van der Waals surface area contributed by atoms with E-state index in [-0.39, 0.29) is 17.0 Å². The zero-order valence-electron chi connectivity index (χ0n) is 17.1. The van der Waals surface area contributed by atoms with E-state index in [4.69, 9.17) is 4.74 Å². The van der Waals surface area contributed by atoms with Gasteiger partial charge in [0, 0.05) is 23.8 Å². The van der Waals surface area contributed by atoms with Crippen molar-refractivity contribution in [3.8, 4) is 6.07 Å². The molecule has 0 radical (unpaired) electrons. The highest BCUT2D eigenvalue weighted by Gasteiger charge is 2.32. The second-order valence-corrected chi connectivity index (χ2v) is 8.43. The van der Waals surface area contributed by atoms with Gasteiger partial charge < -0.3 is 9.64 Å². The molecule has 7 heteroatoms. The van der Waals surface area contributed by atoms with Crippen molar-refractivity contribution in [1.82, 2.24) is 4.98 Å². The number of nitriles is 1. The number of hydrogen-bond acceptors (Lipinski definition) is 6. The van der Waals surface area contributed by atoms with E-state index >= 15 is 0 Å². The van der Waals surface area contributed by atoms with E-state index in [9.17, 15) is 14.9 Å². The summed E-state index contributed by atoms with van der Waals surface area (Å²) in [6.45, 7) is 2.18. The summed E-state index contributed by atoms with van der Waals surface area (Å²) < 4.78 is 5.55. The molecule has 1 unspecified atom stereocenters. The minimum absolute atomic E-state index is 0.192. The second kappa shape index (κ2) is 8.49. The number of ether oxygens (including phenoxy) is 1. The number of hydrogen-bond donors (Lipinski definition) is 0. The summed E-state index contributed by atoms with van der Waals surface area (Å²) in [7, 11) is 0. The highest BCUT2D eigenvalue weighted by Crippen LogP contribution is 2.40. The number of carbonyl (C=O) groups excluding carboxylic acids is 2. The average molecular weight is 422 g/mol. The SMILES string of the molecule is CSc1nc(C2CC2)cc(C(=O)OC(C)C(=O)N2CCCc3ccccc32)c1C#N. The van der Waals surface area contributed by atoms with Crippen molar-refractivity contribution in [3.63, 3.8) is 0 Å². The van der Waals surface area contributed by atoms with Crippen LogP contribution in [0, 0.1) is 11.3 Å². The van der Waals surface area contributed by atoms with E-state index < -0.39 is 12.1 Å². The van der Waals surface area contributed by atoms with Crippen molar-refractivity contribution < 1.29 is 14.3 Å². The van der Waals surface area contributed by atoms with Crippen molar-refractivity contribution in [2.24, 2.45) is 0 Å². The molecule has 2 aromatic rings. The van der Waals surface area contributed by atoms with Crippen LogP contribution in [-0.4, -0.2) is 35.8 Å². The van der Waals surface area contributed by atoms with Crippen molar-refractivity contribution in [3.05, 3.63) is 52.7 Å². The quantitative estimate of drug-likeness (QED) is 0.534. The molecule has 1 atom stereocenters. The summed E-state index contributed by atoms with van der Waals surface area (Å²) in [5.74, 6) is -0.577. The number of anilines is 1. The minimum Gasteiger partial charge on any atom is -0.449 e. The first-order valence-corrected chi connectivity index (χ1v) is 11.3. The molecule has 6 nitrogen and oxygen atoms in total. The fourth-order valence-corrected chi connectivity index (χ4v) is 4.36. The van der Waals surface area contributed by atoms with Crippen molar-refractivity contribution in [2.45, 2.75) is 49.7 Å². The van der Waals surface area contributed by atoms with Gasteiger partial charge in [-0.3, -0.25) is 4.79 Å². The Kier molecular flexibility index (Phi) is 5.78. The largest absolute Gasteiger partial charge is 0.449 e. The molecule has 1 aliphatic carbocycles. The fourth-order valence-electron chi connectivity index (χ4n) is 3.80. The third kappa shape index (κ3) is 3.92. The molecule has 1 aliphatic heterocycles. The molecular formula is C23H23N3O3S. The van der Waals surface area contributed by atoms with Crippen LogP contribution in [0.1, 0.15) is 59.3 Å². The van der Waals surface area contributed by atoms with E-state index in [0.717, 1.165) is 42.6 Å². The van der Waals surface area contributed by atoms with E-state index in [1.54, 1.807) is 17.9 Å². The fraction of sp³-hybridized carbons (Fsp3) is 0.391. The molecule has 1 amide bonds. The molecule has 2 aliphatic rings. The first-order valence-electron chi connectivity index (χ1n) is 10.1. The Morgan fingerprint density at radius 2 is 2.10 bits per heavy atom. The maximum Gasteiger partial charge on any atom is 0.340 e. The number of aromatic nitrogens is 1. The molecule has 30 heavy (non-hydrogen) atoms. The molecule has 0 saturated heterocycles. The van der Waals surface area contributed by atoms with Crippen LogP contribution < -0.4 is 4.90 Å². The summed E-state index contributed by atoms with van der Waals surface area (Å²) in [6, 6.07) is 11.5. The zero-order valence-corrected chi connectivity index (χ0v) is 17.9. The monoisotopic (exact) mass is 421 g/mol. The predicted molar refractivity (Wildman–Crippen MR) is 115 cm³/mol. The number of aryl methyl sites for hydroxylation is 1. The number of rotatable bonds is 5. The van der Waals surface area contributed by atoms with E-state index in [2.05, 4.69) is 11.1 Å². The van der Waals surface area contributed by atoms with Crippen LogP contribution in [-0.2, 0) is 16.0 Å². The molecule has 0 N–H and O–H groups in total. The number of pyridine rings is 1. The van der Waals surface area contributed by atoms with Crippen LogP contribution in [0.2, 0.25) is 0 Å². The minimum atomic E-state index is -0.953. The smallest absolute Gasteiger partial charge is 0.340 e. The molecule has 1 aromatic carbocycles. The summed E-state index contributed by atoms with van der Waals surface area (Å²) in [5.41, 5.74) is 3.21. The van der Waals surface area contributed by atoms with E-state index in [1.165, 1.54) is 11.8 Å². The van der Waals surface area contributed by atoms with Gasteiger partial charge in [-0.05, 0) is 56.6 Å². The number of thioether (sulfide) groups is 1. The lowest BCUT2D eigenvalue weighted by molar-refractivity contribution is -0.126. The summed E-state index contributed by atoms with van der Waals surface area (Å²) in [6.07, 6.45) is 4.74. The number of esters is 1. The molecule has 4 rings (SSSR count). The van der Waals surface area contributed by atoms with Crippen molar-refractivity contribution in [2.75, 3.05) is 17.7 Å². The van der Waals surface area contributed by atoms with Gasteiger partial charge in [-0.1, -0.05) is 18.2 Å². The van der Waals surface area contributed by atoms with Crippen LogP contribution in [0.4, 0.5) is 5.69 Å². The van der Waals surface area contributed by atoms with Crippen LogP contribution in [0.5, 0.6) is 0 Å². The highest BCUT2D eigenvalue weighted by molar-refractivity contribution is 7.98. The topological polar surface area (TPSA) is 83.3 Å². The number of nitrogens with zero attached hydrogens (tertiary/aromatic N) is 3. The Labute approximate surface area is 180 Å². The van der Waals surface area contributed by atoms with Gasteiger partial charge in [-0.2, -0.15) is 5.26 Å². The Morgan fingerprint density at radius 3 is 2.80 bits per heavy atom. The van der Waals surface area contributed by atoms with Crippen molar-refractivity contribution >= 4 is 29.3 Å². The first-order chi connectivity index (χ1) is 14.5. The first kappa shape index (κ1) is 20.4.